The van der Waals surface area contributed by atoms with Crippen LogP contribution >= 0.6 is 0 Å². The molecule has 4 heteroatoms. The summed E-state index contributed by atoms with van der Waals surface area (Å²) in [4.78, 5) is 24.7. The molecule has 0 atom stereocenters. The molecule has 21 heavy (non-hydrogen) atoms. The maximum Gasteiger partial charge on any atom is 0.374 e. The molecule has 0 saturated carbocycles. The van der Waals surface area contributed by atoms with E-state index in [1.807, 2.05) is 6.07 Å². The second-order valence-electron chi connectivity index (χ2n) is 4.49. The summed E-state index contributed by atoms with van der Waals surface area (Å²) in [6, 6.07) is 15.8. The normalized spacial score (nSPS) is 10.5. The van der Waals surface area contributed by atoms with Crippen molar-refractivity contribution in [3.8, 4) is 11.1 Å². The minimum atomic E-state index is -0.670. The van der Waals surface area contributed by atoms with Crippen LogP contribution in [0.3, 0.4) is 0 Å². The first-order chi connectivity index (χ1) is 10.2. The van der Waals surface area contributed by atoms with E-state index in [0.717, 1.165) is 0 Å². The zero-order valence-corrected chi connectivity index (χ0v) is 11.3. The standard InChI is InChI=1S/C17H12O4/c1-20-17(19)16-14(11-7-3-2-4-8-11)15(18)12-9-5-6-10-13(12)21-16/h2-10H,1H3. The third-order valence-corrected chi connectivity index (χ3v) is 3.23. The van der Waals surface area contributed by atoms with Gasteiger partial charge in [-0.3, -0.25) is 4.79 Å². The van der Waals surface area contributed by atoms with Crippen molar-refractivity contribution in [2.75, 3.05) is 7.11 Å². The Bertz CT molecular complexity index is 863. The zero-order valence-electron chi connectivity index (χ0n) is 11.3. The highest BCUT2D eigenvalue weighted by atomic mass is 16.5. The quantitative estimate of drug-likeness (QED) is 0.676. The third kappa shape index (κ3) is 2.21. The minimum absolute atomic E-state index is 0.0765. The molecule has 0 unspecified atom stereocenters. The Morgan fingerprint density at radius 3 is 2.38 bits per heavy atom. The molecule has 0 N–H and O–H groups in total. The molecule has 3 aromatic rings. The van der Waals surface area contributed by atoms with Crippen LogP contribution in [0.25, 0.3) is 22.1 Å². The number of rotatable bonds is 2. The number of esters is 1. The lowest BCUT2D eigenvalue weighted by Crippen LogP contribution is -2.13. The first-order valence-electron chi connectivity index (χ1n) is 6.42. The Labute approximate surface area is 120 Å². The van der Waals surface area contributed by atoms with Crippen LogP contribution in [0.4, 0.5) is 0 Å². The summed E-state index contributed by atoms with van der Waals surface area (Å²) < 4.78 is 10.3. The summed E-state index contributed by atoms with van der Waals surface area (Å²) in [5.41, 5.74) is 0.963. The fourth-order valence-corrected chi connectivity index (χ4v) is 2.25. The van der Waals surface area contributed by atoms with Crippen LogP contribution in [0.1, 0.15) is 10.6 Å². The van der Waals surface area contributed by atoms with E-state index in [0.29, 0.717) is 16.5 Å². The lowest BCUT2D eigenvalue weighted by molar-refractivity contribution is 0.0567. The molecule has 2 aromatic carbocycles. The van der Waals surface area contributed by atoms with Gasteiger partial charge in [0.15, 0.2) is 0 Å². The highest BCUT2D eigenvalue weighted by Crippen LogP contribution is 2.24. The van der Waals surface area contributed by atoms with Gasteiger partial charge >= 0.3 is 5.97 Å². The molecule has 0 saturated heterocycles. The van der Waals surface area contributed by atoms with Gasteiger partial charge in [-0.25, -0.2) is 4.79 Å². The van der Waals surface area contributed by atoms with Crippen molar-refractivity contribution < 1.29 is 13.9 Å². The summed E-state index contributed by atoms with van der Waals surface area (Å²) in [5, 5.41) is 0.434. The van der Waals surface area contributed by atoms with Crippen LogP contribution < -0.4 is 5.43 Å². The molecule has 0 aliphatic carbocycles. The largest absolute Gasteiger partial charge is 0.463 e. The molecule has 0 bridgehead atoms. The van der Waals surface area contributed by atoms with E-state index in [9.17, 15) is 9.59 Å². The smallest absolute Gasteiger partial charge is 0.374 e. The Morgan fingerprint density at radius 2 is 1.67 bits per heavy atom. The highest BCUT2D eigenvalue weighted by Gasteiger charge is 2.22. The molecule has 0 aliphatic heterocycles. The molecule has 0 spiro atoms. The summed E-state index contributed by atoms with van der Waals surface area (Å²) >= 11 is 0. The van der Waals surface area contributed by atoms with Crippen molar-refractivity contribution in [1.29, 1.82) is 0 Å². The van der Waals surface area contributed by atoms with Crippen LogP contribution in [-0.4, -0.2) is 13.1 Å². The van der Waals surface area contributed by atoms with Crippen molar-refractivity contribution in [3.63, 3.8) is 0 Å². The molecule has 1 aromatic heterocycles. The maximum atomic E-state index is 12.7. The average molecular weight is 280 g/mol. The highest BCUT2D eigenvalue weighted by molar-refractivity contribution is 5.97. The van der Waals surface area contributed by atoms with Crippen LogP contribution in [0.2, 0.25) is 0 Å². The molecule has 4 nitrogen and oxygen atoms in total. The van der Waals surface area contributed by atoms with Gasteiger partial charge in [0.1, 0.15) is 5.58 Å². The van der Waals surface area contributed by atoms with Gasteiger partial charge in [0.05, 0.1) is 18.1 Å². The van der Waals surface area contributed by atoms with E-state index < -0.39 is 5.97 Å². The number of methoxy groups -OCH3 is 1. The van der Waals surface area contributed by atoms with Gasteiger partial charge in [0.2, 0.25) is 11.2 Å². The topological polar surface area (TPSA) is 56.5 Å². The molecule has 3 rings (SSSR count). The van der Waals surface area contributed by atoms with Gasteiger partial charge < -0.3 is 9.15 Å². The van der Waals surface area contributed by atoms with Gasteiger partial charge in [0.25, 0.3) is 0 Å². The average Bonchev–Trinajstić information content (AvgIpc) is 2.55. The third-order valence-electron chi connectivity index (χ3n) is 3.23. The van der Waals surface area contributed by atoms with Crippen LogP contribution in [0.15, 0.2) is 63.8 Å². The maximum absolute atomic E-state index is 12.7. The van der Waals surface area contributed by atoms with Crippen molar-refractivity contribution in [1.82, 2.24) is 0 Å². The Hall–Kier alpha value is -2.88. The van der Waals surface area contributed by atoms with Gasteiger partial charge in [-0.15, -0.1) is 0 Å². The van der Waals surface area contributed by atoms with E-state index in [-0.39, 0.29) is 16.8 Å². The lowest BCUT2D eigenvalue weighted by atomic mass is 10.0. The van der Waals surface area contributed by atoms with E-state index in [1.54, 1.807) is 48.5 Å². The first kappa shape index (κ1) is 13.1. The number of hydrogen-bond acceptors (Lipinski definition) is 4. The van der Waals surface area contributed by atoms with E-state index in [2.05, 4.69) is 0 Å². The van der Waals surface area contributed by atoms with Crippen LogP contribution in [0, 0.1) is 0 Å². The number of benzene rings is 2. The monoisotopic (exact) mass is 280 g/mol. The number of para-hydroxylation sites is 1. The fourth-order valence-electron chi connectivity index (χ4n) is 2.25. The van der Waals surface area contributed by atoms with Gasteiger partial charge in [-0.1, -0.05) is 42.5 Å². The summed E-state index contributed by atoms with van der Waals surface area (Å²) in [6.45, 7) is 0. The molecule has 1 heterocycles. The Kier molecular flexibility index (Phi) is 3.28. The van der Waals surface area contributed by atoms with Crippen LogP contribution in [0.5, 0.6) is 0 Å². The van der Waals surface area contributed by atoms with Crippen molar-refractivity contribution >= 4 is 16.9 Å². The predicted molar refractivity (Wildman–Crippen MR) is 79.3 cm³/mol. The predicted octanol–water partition coefficient (Wildman–Crippen LogP) is 3.25. The number of carbonyl (C=O) groups excluding carboxylic acids is 1. The molecule has 0 aliphatic rings. The molecule has 104 valence electrons. The Balaban J connectivity index is 2.43. The van der Waals surface area contributed by atoms with Gasteiger partial charge in [-0.2, -0.15) is 0 Å². The number of carbonyl (C=O) groups is 1. The lowest BCUT2D eigenvalue weighted by Gasteiger charge is -2.08. The van der Waals surface area contributed by atoms with E-state index in [1.165, 1.54) is 7.11 Å². The summed E-state index contributed by atoms with van der Waals surface area (Å²) in [6.07, 6.45) is 0. The van der Waals surface area contributed by atoms with Crippen LogP contribution in [-0.2, 0) is 4.74 Å². The second kappa shape index (κ2) is 5.25. The van der Waals surface area contributed by atoms with Gasteiger partial charge in [0, 0.05) is 0 Å². The van der Waals surface area contributed by atoms with Crippen molar-refractivity contribution in [3.05, 3.63) is 70.6 Å². The summed E-state index contributed by atoms with van der Waals surface area (Å²) in [7, 11) is 1.26. The summed E-state index contributed by atoms with van der Waals surface area (Å²) in [5.74, 6) is -0.746. The molecular weight excluding hydrogens is 268 g/mol. The molecular formula is C17H12O4. The number of ether oxygens (including phenoxy) is 1. The number of fused-ring (bicyclic) bond motifs is 1. The molecule has 0 radical (unpaired) electrons. The zero-order chi connectivity index (χ0) is 14.8. The van der Waals surface area contributed by atoms with E-state index in [4.69, 9.17) is 9.15 Å². The van der Waals surface area contributed by atoms with Crippen molar-refractivity contribution in [2.24, 2.45) is 0 Å². The van der Waals surface area contributed by atoms with Crippen molar-refractivity contribution in [2.45, 2.75) is 0 Å². The second-order valence-corrected chi connectivity index (χ2v) is 4.49. The van der Waals surface area contributed by atoms with E-state index >= 15 is 0 Å². The molecule has 0 fully saturated rings. The number of hydrogen-bond donors (Lipinski definition) is 0. The minimum Gasteiger partial charge on any atom is -0.463 e. The Morgan fingerprint density at radius 1 is 1.00 bits per heavy atom. The fraction of sp³-hybridized carbons (Fsp3) is 0.0588. The van der Waals surface area contributed by atoms with Gasteiger partial charge in [-0.05, 0) is 17.7 Å². The SMILES string of the molecule is COC(=O)c1oc2ccccc2c(=O)c1-c1ccccc1. The molecule has 0 amide bonds. The first-order valence-corrected chi connectivity index (χ1v) is 6.42.